The van der Waals surface area contributed by atoms with Gasteiger partial charge in [-0.05, 0) is 42.8 Å². The van der Waals surface area contributed by atoms with Gasteiger partial charge >= 0.3 is 5.97 Å². The lowest BCUT2D eigenvalue weighted by atomic mass is 10.1. The van der Waals surface area contributed by atoms with Crippen LogP contribution in [0.4, 0.5) is 11.4 Å². The number of benzene rings is 2. The maximum Gasteiger partial charge on any atom is 0.335 e. The van der Waals surface area contributed by atoms with Gasteiger partial charge in [-0.1, -0.05) is 17.7 Å². The summed E-state index contributed by atoms with van der Waals surface area (Å²) < 4.78 is 5.09. The summed E-state index contributed by atoms with van der Waals surface area (Å²) in [5, 5.41) is 12.7. The number of carboxylic acids is 1. The Bertz CT molecular complexity index is 656. The maximum absolute atomic E-state index is 11.0. The number of aryl methyl sites for hydroxylation is 1. The fraction of sp³-hybridized carbons (Fsp3) is 0.133. The first-order valence-electron chi connectivity index (χ1n) is 5.96. The summed E-state index contributed by atoms with van der Waals surface area (Å²) in [7, 11) is 1.55. The molecule has 104 valence electrons. The number of ether oxygens (including phenoxy) is 1. The van der Waals surface area contributed by atoms with E-state index in [1.54, 1.807) is 37.4 Å². The van der Waals surface area contributed by atoms with Gasteiger partial charge in [-0.2, -0.15) is 0 Å². The molecular formula is C15H14ClNO3. The predicted molar refractivity (Wildman–Crippen MR) is 79.4 cm³/mol. The van der Waals surface area contributed by atoms with Crippen molar-refractivity contribution < 1.29 is 14.6 Å². The molecular weight excluding hydrogens is 278 g/mol. The quantitative estimate of drug-likeness (QED) is 0.890. The topological polar surface area (TPSA) is 58.6 Å². The number of carbonyl (C=O) groups is 1. The smallest absolute Gasteiger partial charge is 0.335 e. The zero-order chi connectivity index (χ0) is 14.7. The third-order valence-corrected chi connectivity index (χ3v) is 3.21. The molecule has 0 atom stereocenters. The van der Waals surface area contributed by atoms with Crippen LogP contribution in [0, 0.1) is 6.92 Å². The van der Waals surface area contributed by atoms with Crippen molar-refractivity contribution in [2.24, 2.45) is 0 Å². The third kappa shape index (κ3) is 3.03. The van der Waals surface area contributed by atoms with Gasteiger partial charge in [0.25, 0.3) is 0 Å². The fourth-order valence-corrected chi connectivity index (χ4v) is 2.05. The van der Waals surface area contributed by atoms with Gasteiger partial charge in [0, 0.05) is 11.4 Å². The molecule has 0 aliphatic heterocycles. The van der Waals surface area contributed by atoms with E-state index in [-0.39, 0.29) is 5.56 Å². The molecule has 2 N–H and O–H groups in total. The summed E-state index contributed by atoms with van der Waals surface area (Å²) in [6.07, 6.45) is 0. The highest BCUT2D eigenvalue weighted by Crippen LogP contribution is 2.29. The minimum atomic E-state index is -0.958. The Kier molecular flexibility index (Phi) is 4.15. The van der Waals surface area contributed by atoms with E-state index in [4.69, 9.17) is 21.4 Å². The molecule has 0 saturated carbocycles. The van der Waals surface area contributed by atoms with E-state index in [9.17, 15) is 4.79 Å². The Labute approximate surface area is 122 Å². The highest BCUT2D eigenvalue weighted by Gasteiger charge is 2.07. The van der Waals surface area contributed by atoms with Crippen LogP contribution in [0.2, 0.25) is 5.02 Å². The first-order valence-corrected chi connectivity index (χ1v) is 6.33. The number of methoxy groups -OCH3 is 1. The highest BCUT2D eigenvalue weighted by molar-refractivity contribution is 6.32. The van der Waals surface area contributed by atoms with Crippen LogP contribution in [-0.4, -0.2) is 18.2 Å². The van der Waals surface area contributed by atoms with Crippen molar-refractivity contribution in [3.8, 4) is 5.75 Å². The molecule has 2 rings (SSSR count). The first-order chi connectivity index (χ1) is 9.51. The summed E-state index contributed by atoms with van der Waals surface area (Å²) >= 11 is 6.06. The first kappa shape index (κ1) is 14.2. The van der Waals surface area contributed by atoms with Gasteiger partial charge in [-0.3, -0.25) is 0 Å². The summed E-state index contributed by atoms with van der Waals surface area (Å²) in [5.41, 5.74) is 2.67. The summed E-state index contributed by atoms with van der Waals surface area (Å²) in [6.45, 7) is 1.90. The van der Waals surface area contributed by atoms with E-state index in [1.807, 2.05) is 13.0 Å². The van der Waals surface area contributed by atoms with Gasteiger partial charge in [0.05, 0.1) is 17.7 Å². The van der Waals surface area contributed by atoms with Crippen LogP contribution >= 0.6 is 11.6 Å². The molecule has 2 aromatic rings. The number of anilines is 2. The van der Waals surface area contributed by atoms with E-state index < -0.39 is 5.97 Å². The van der Waals surface area contributed by atoms with Crippen LogP contribution in [-0.2, 0) is 0 Å². The molecule has 0 saturated heterocycles. The second-order valence-electron chi connectivity index (χ2n) is 4.31. The predicted octanol–water partition coefficient (Wildman–Crippen LogP) is 4.10. The number of aromatic carboxylic acids is 1. The largest absolute Gasteiger partial charge is 0.495 e. The SMILES string of the molecule is COc1ccc(Nc2cc(C(=O)O)ccc2C)cc1Cl. The summed E-state index contributed by atoms with van der Waals surface area (Å²) in [6, 6.07) is 10.2. The normalized spacial score (nSPS) is 10.2. The summed E-state index contributed by atoms with van der Waals surface area (Å²) in [5.74, 6) is -0.367. The van der Waals surface area contributed by atoms with Crippen LogP contribution in [0.1, 0.15) is 15.9 Å². The lowest BCUT2D eigenvalue weighted by Crippen LogP contribution is -2.00. The lowest BCUT2D eigenvalue weighted by molar-refractivity contribution is 0.0697. The van der Waals surface area contributed by atoms with Crippen molar-refractivity contribution in [2.45, 2.75) is 6.92 Å². The van der Waals surface area contributed by atoms with Crippen LogP contribution in [0.5, 0.6) is 5.75 Å². The molecule has 0 unspecified atom stereocenters. The van der Waals surface area contributed by atoms with Gasteiger partial charge < -0.3 is 15.2 Å². The lowest BCUT2D eigenvalue weighted by Gasteiger charge is -2.12. The van der Waals surface area contributed by atoms with Gasteiger partial charge in [0.1, 0.15) is 5.75 Å². The van der Waals surface area contributed by atoms with Crippen molar-refractivity contribution >= 4 is 28.9 Å². The zero-order valence-electron chi connectivity index (χ0n) is 11.1. The molecule has 0 heterocycles. The molecule has 20 heavy (non-hydrogen) atoms. The molecule has 0 bridgehead atoms. The second-order valence-corrected chi connectivity index (χ2v) is 4.72. The van der Waals surface area contributed by atoms with Gasteiger partial charge in [0.15, 0.2) is 0 Å². The van der Waals surface area contributed by atoms with Crippen LogP contribution in [0.25, 0.3) is 0 Å². The number of halogens is 1. The number of rotatable bonds is 4. The maximum atomic E-state index is 11.0. The van der Waals surface area contributed by atoms with Gasteiger partial charge in [-0.25, -0.2) is 4.79 Å². The molecule has 5 heteroatoms. The molecule has 0 spiro atoms. The number of carboxylic acid groups (broad SMARTS) is 1. The number of hydrogen-bond donors (Lipinski definition) is 2. The van der Waals surface area contributed by atoms with Gasteiger partial charge in [0.2, 0.25) is 0 Å². The molecule has 2 aromatic carbocycles. The molecule has 0 radical (unpaired) electrons. The molecule has 0 aromatic heterocycles. The second kappa shape index (κ2) is 5.84. The van der Waals surface area contributed by atoms with Crippen molar-refractivity contribution in [1.29, 1.82) is 0 Å². The van der Waals surface area contributed by atoms with Crippen molar-refractivity contribution in [2.75, 3.05) is 12.4 Å². The Morgan fingerprint density at radius 1 is 1.25 bits per heavy atom. The van der Waals surface area contributed by atoms with E-state index >= 15 is 0 Å². The van der Waals surface area contributed by atoms with Crippen molar-refractivity contribution in [3.63, 3.8) is 0 Å². The Morgan fingerprint density at radius 2 is 2.00 bits per heavy atom. The monoisotopic (exact) mass is 291 g/mol. The fourth-order valence-electron chi connectivity index (χ4n) is 1.79. The van der Waals surface area contributed by atoms with E-state index in [0.717, 1.165) is 16.9 Å². The average Bonchev–Trinajstić information content (AvgIpc) is 2.41. The van der Waals surface area contributed by atoms with E-state index in [0.29, 0.717) is 10.8 Å². The average molecular weight is 292 g/mol. The Balaban J connectivity index is 2.32. The highest BCUT2D eigenvalue weighted by atomic mass is 35.5. The number of hydrogen-bond acceptors (Lipinski definition) is 3. The number of nitrogens with one attached hydrogen (secondary N) is 1. The minimum absolute atomic E-state index is 0.234. The van der Waals surface area contributed by atoms with Crippen LogP contribution in [0.3, 0.4) is 0 Å². The molecule has 4 nitrogen and oxygen atoms in total. The van der Waals surface area contributed by atoms with Crippen LogP contribution < -0.4 is 10.1 Å². The van der Waals surface area contributed by atoms with E-state index in [2.05, 4.69) is 5.32 Å². The van der Waals surface area contributed by atoms with E-state index in [1.165, 1.54) is 0 Å². The Morgan fingerprint density at radius 3 is 2.60 bits per heavy atom. The van der Waals surface area contributed by atoms with Crippen molar-refractivity contribution in [1.82, 2.24) is 0 Å². The zero-order valence-corrected chi connectivity index (χ0v) is 11.9. The van der Waals surface area contributed by atoms with Gasteiger partial charge in [-0.15, -0.1) is 0 Å². The molecule has 0 aliphatic carbocycles. The minimum Gasteiger partial charge on any atom is -0.495 e. The van der Waals surface area contributed by atoms with Crippen LogP contribution in [0.15, 0.2) is 36.4 Å². The summed E-state index contributed by atoms with van der Waals surface area (Å²) in [4.78, 5) is 11.0. The van der Waals surface area contributed by atoms with Crippen molar-refractivity contribution in [3.05, 3.63) is 52.5 Å². The molecule has 0 fully saturated rings. The molecule has 0 amide bonds. The third-order valence-electron chi connectivity index (χ3n) is 2.92. The standard InChI is InChI=1S/C15H14ClNO3/c1-9-3-4-10(15(18)19)7-13(9)17-11-5-6-14(20-2)12(16)8-11/h3-8,17H,1-2H3,(H,18,19). The molecule has 0 aliphatic rings. The Hall–Kier alpha value is -2.20.